The highest BCUT2D eigenvalue weighted by molar-refractivity contribution is 5.97. The number of hydrogen-bond donors (Lipinski definition) is 1. The van der Waals surface area contributed by atoms with Gasteiger partial charge in [-0.3, -0.25) is 4.79 Å². The number of ketones is 1. The zero-order chi connectivity index (χ0) is 15.6. The van der Waals surface area contributed by atoms with Crippen LogP contribution in [0.3, 0.4) is 0 Å². The van der Waals surface area contributed by atoms with E-state index >= 15 is 0 Å². The topological polar surface area (TPSA) is 65.2 Å². The van der Waals surface area contributed by atoms with E-state index in [-0.39, 0.29) is 23.0 Å². The number of anilines is 1. The molecule has 0 amide bonds. The average Bonchev–Trinajstić information content (AvgIpc) is 2.40. The lowest BCUT2D eigenvalue weighted by molar-refractivity contribution is -0.137. The highest BCUT2D eigenvalue weighted by Gasteiger charge is 2.30. The van der Waals surface area contributed by atoms with Gasteiger partial charge in [-0.05, 0) is 31.2 Å². The average molecular weight is 296 g/mol. The molecule has 1 aromatic carbocycles. The van der Waals surface area contributed by atoms with Crippen LogP contribution in [0.15, 0.2) is 36.5 Å². The summed E-state index contributed by atoms with van der Waals surface area (Å²) in [5.41, 5.74) is 5.32. The molecule has 1 heterocycles. The van der Waals surface area contributed by atoms with Gasteiger partial charge in [0.25, 0.3) is 0 Å². The molecule has 2 rings (SSSR count). The van der Waals surface area contributed by atoms with Crippen molar-refractivity contribution < 1.29 is 22.7 Å². The second kappa shape index (κ2) is 5.43. The molecule has 7 heteroatoms. The van der Waals surface area contributed by atoms with E-state index < -0.39 is 11.7 Å². The molecular weight excluding hydrogens is 285 g/mol. The third-order valence-corrected chi connectivity index (χ3v) is 2.66. The van der Waals surface area contributed by atoms with Crippen molar-refractivity contribution in [2.75, 3.05) is 5.73 Å². The Morgan fingerprint density at radius 2 is 1.95 bits per heavy atom. The molecule has 110 valence electrons. The van der Waals surface area contributed by atoms with Crippen LogP contribution in [0.2, 0.25) is 0 Å². The van der Waals surface area contributed by atoms with Crippen molar-refractivity contribution in [3.8, 4) is 11.6 Å². The van der Waals surface area contributed by atoms with Gasteiger partial charge < -0.3 is 10.5 Å². The van der Waals surface area contributed by atoms with Crippen molar-refractivity contribution >= 4 is 11.5 Å². The van der Waals surface area contributed by atoms with Gasteiger partial charge in [0.05, 0.1) is 11.1 Å². The minimum Gasteiger partial charge on any atom is -0.438 e. The summed E-state index contributed by atoms with van der Waals surface area (Å²) in [6.45, 7) is 1.34. The Labute approximate surface area is 118 Å². The zero-order valence-electron chi connectivity index (χ0n) is 10.9. The second-order valence-corrected chi connectivity index (χ2v) is 4.30. The van der Waals surface area contributed by atoms with Crippen LogP contribution in [0.1, 0.15) is 22.8 Å². The van der Waals surface area contributed by atoms with E-state index in [1.165, 1.54) is 25.1 Å². The monoisotopic (exact) mass is 296 g/mol. The standard InChI is InChI=1S/C14H11F3N2O2/c1-8(20)11-6-10(18)3-4-12(11)21-13-5-2-9(7-19-13)14(15,16)17/h2-7H,18H2,1H3. The van der Waals surface area contributed by atoms with Crippen LogP contribution in [0, 0.1) is 0 Å². The molecule has 0 spiro atoms. The normalized spacial score (nSPS) is 11.2. The van der Waals surface area contributed by atoms with Gasteiger partial charge in [0.15, 0.2) is 5.78 Å². The summed E-state index contributed by atoms with van der Waals surface area (Å²) in [4.78, 5) is 15.1. The Bertz CT molecular complexity index is 667. The van der Waals surface area contributed by atoms with Crippen molar-refractivity contribution in [2.45, 2.75) is 13.1 Å². The van der Waals surface area contributed by atoms with Crippen LogP contribution in [-0.2, 0) is 6.18 Å². The zero-order valence-corrected chi connectivity index (χ0v) is 10.9. The largest absolute Gasteiger partial charge is 0.438 e. The summed E-state index contributed by atoms with van der Waals surface area (Å²) < 4.78 is 42.6. The fourth-order valence-electron chi connectivity index (χ4n) is 1.63. The van der Waals surface area contributed by atoms with Crippen LogP contribution in [-0.4, -0.2) is 10.8 Å². The first-order valence-electron chi connectivity index (χ1n) is 5.89. The van der Waals surface area contributed by atoms with Gasteiger partial charge in [0.2, 0.25) is 5.88 Å². The van der Waals surface area contributed by atoms with Crippen molar-refractivity contribution in [3.63, 3.8) is 0 Å². The molecular formula is C14H11F3N2O2. The van der Waals surface area contributed by atoms with Crippen LogP contribution < -0.4 is 10.5 Å². The molecule has 0 radical (unpaired) electrons. The van der Waals surface area contributed by atoms with Gasteiger partial charge in [-0.1, -0.05) is 0 Å². The van der Waals surface area contributed by atoms with E-state index in [1.54, 1.807) is 0 Å². The summed E-state index contributed by atoms with van der Waals surface area (Å²) in [5.74, 6) is -0.136. The molecule has 2 N–H and O–H groups in total. The van der Waals surface area contributed by atoms with E-state index in [1.807, 2.05) is 0 Å². The maximum atomic E-state index is 12.4. The minimum absolute atomic E-state index is 0.0460. The van der Waals surface area contributed by atoms with Crippen molar-refractivity contribution in [1.29, 1.82) is 0 Å². The van der Waals surface area contributed by atoms with Gasteiger partial charge in [-0.25, -0.2) is 4.98 Å². The number of nitrogens with zero attached hydrogens (tertiary/aromatic N) is 1. The summed E-state index contributed by atoms with van der Waals surface area (Å²) in [7, 11) is 0. The van der Waals surface area contributed by atoms with E-state index in [0.29, 0.717) is 11.9 Å². The van der Waals surface area contributed by atoms with Gasteiger partial charge in [-0.15, -0.1) is 0 Å². The van der Waals surface area contributed by atoms with E-state index in [9.17, 15) is 18.0 Å². The number of ether oxygens (including phenoxy) is 1. The lowest BCUT2D eigenvalue weighted by Gasteiger charge is -2.10. The predicted octanol–water partition coefficient (Wildman–Crippen LogP) is 3.68. The van der Waals surface area contributed by atoms with Crippen LogP contribution in [0.5, 0.6) is 11.6 Å². The quantitative estimate of drug-likeness (QED) is 0.693. The van der Waals surface area contributed by atoms with Crippen molar-refractivity contribution in [1.82, 2.24) is 4.98 Å². The highest BCUT2D eigenvalue weighted by atomic mass is 19.4. The fraction of sp³-hybridized carbons (Fsp3) is 0.143. The Kier molecular flexibility index (Phi) is 3.84. The maximum Gasteiger partial charge on any atom is 0.417 e. The fourth-order valence-corrected chi connectivity index (χ4v) is 1.63. The van der Waals surface area contributed by atoms with Crippen LogP contribution >= 0.6 is 0 Å². The summed E-state index contributed by atoms with van der Waals surface area (Å²) in [6, 6.07) is 6.36. The summed E-state index contributed by atoms with van der Waals surface area (Å²) in [6.07, 6.45) is -3.79. The number of nitrogen functional groups attached to an aromatic ring is 1. The molecule has 0 fully saturated rings. The molecule has 0 aliphatic rings. The summed E-state index contributed by atoms with van der Waals surface area (Å²) >= 11 is 0. The maximum absolute atomic E-state index is 12.4. The number of carbonyl (C=O) groups is 1. The SMILES string of the molecule is CC(=O)c1cc(N)ccc1Oc1ccc(C(F)(F)F)cn1. The predicted molar refractivity (Wildman–Crippen MR) is 70.2 cm³/mol. The number of pyridine rings is 1. The third kappa shape index (κ3) is 3.50. The number of Topliss-reactive ketones (excluding diaryl/α,β-unsaturated/α-hetero) is 1. The van der Waals surface area contributed by atoms with Gasteiger partial charge >= 0.3 is 6.18 Å². The summed E-state index contributed by atoms with van der Waals surface area (Å²) in [5, 5.41) is 0. The molecule has 0 unspecified atom stereocenters. The Morgan fingerprint density at radius 3 is 2.48 bits per heavy atom. The first kappa shape index (κ1) is 14.8. The number of carbonyl (C=O) groups excluding carboxylic acids is 1. The number of nitrogens with two attached hydrogens (primary N) is 1. The van der Waals surface area contributed by atoms with Gasteiger partial charge in [0, 0.05) is 18.0 Å². The number of benzene rings is 1. The van der Waals surface area contributed by atoms with Crippen LogP contribution in [0.4, 0.5) is 18.9 Å². The number of rotatable bonds is 3. The second-order valence-electron chi connectivity index (χ2n) is 4.30. The molecule has 0 saturated heterocycles. The third-order valence-electron chi connectivity index (χ3n) is 2.66. The molecule has 4 nitrogen and oxygen atoms in total. The highest BCUT2D eigenvalue weighted by Crippen LogP contribution is 2.31. The molecule has 2 aromatic rings. The number of alkyl halides is 3. The Hall–Kier alpha value is -2.57. The first-order valence-corrected chi connectivity index (χ1v) is 5.89. The molecule has 0 aliphatic carbocycles. The lowest BCUT2D eigenvalue weighted by Crippen LogP contribution is -2.05. The van der Waals surface area contributed by atoms with Gasteiger partial charge in [0.1, 0.15) is 5.75 Å². The Morgan fingerprint density at radius 1 is 1.24 bits per heavy atom. The molecule has 0 bridgehead atoms. The van der Waals surface area contributed by atoms with Gasteiger partial charge in [-0.2, -0.15) is 13.2 Å². The van der Waals surface area contributed by atoms with E-state index in [2.05, 4.69) is 4.98 Å². The number of aromatic nitrogens is 1. The van der Waals surface area contributed by atoms with Crippen molar-refractivity contribution in [2.24, 2.45) is 0 Å². The molecule has 0 atom stereocenters. The number of halogens is 3. The molecule has 0 aliphatic heterocycles. The molecule has 0 saturated carbocycles. The number of hydrogen-bond acceptors (Lipinski definition) is 4. The van der Waals surface area contributed by atoms with E-state index in [0.717, 1.165) is 12.1 Å². The Balaban J connectivity index is 2.28. The minimum atomic E-state index is -4.46. The first-order chi connectivity index (χ1) is 9.77. The van der Waals surface area contributed by atoms with Crippen molar-refractivity contribution in [3.05, 3.63) is 47.7 Å². The lowest BCUT2D eigenvalue weighted by atomic mass is 10.1. The van der Waals surface area contributed by atoms with E-state index in [4.69, 9.17) is 10.5 Å². The molecule has 21 heavy (non-hydrogen) atoms. The molecule has 1 aromatic heterocycles. The van der Waals surface area contributed by atoms with Crippen LogP contribution in [0.25, 0.3) is 0 Å². The smallest absolute Gasteiger partial charge is 0.417 e.